The van der Waals surface area contributed by atoms with Crippen LogP contribution in [-0.4, -0.2) is 40.3 Å². The molecular weight excluding hydrogens is 330 g/mol. The van der Waals surface area contributed by atoms with Crippen molar-refractivity contribution in [1.29, 1.82) is 0 Å². The molecule has 24 heavy (non-hydrogen) atoms. The van der Waals surface area contributed by atoms with Gasteiger partial charge in [-0.2, -0.15) is 0 Å². The monoisotopic (exact) mass is 351 g/mol. The van der Waals surface area contributed by atoms with Crippen molar-refractivity contribution in [2.45, 2.75) is 50.2 Å². The van der Waals surface area contributed by atoms with Gasteiger partial charge in [-0.3, -0.25) is 19.0 Å². The summed E-state index contributed by atoms with van der Waals surface area (Å²) >= 11 is 1.52. The normalized spacial score (nSPS) is 18.6. The zero-order valence-electron chi connectivity index (χ0n) is 13.7. The Morgan fingerprint density at radius 1 is 1.38 bits per heavy atom. The van der Waals surface area contributed by atoms with Crippen LogP contribution in [0.25, 0.3) is 0 Å². The van der Waals surface area contributed by atoms with Crippen LogP contribution < -0.4 is 10.9 Å². The third-order valence-corrected chi connectivity index (χ3v) is 5.38. The van der Waals surface area contributed by atoms with Gasteiger partial charge in [-0.25, -0.2) is 4.98 Å². The number of rotatable bonds is 5. The van der Waals surface area contributed by atoms with Crippen LogP contribution in [0.4, 0.5) is 0 Å². The first-order valence-corrected chi connectivity index (χ1v) is 9.28. The van der Waals surface area contributed by atoms with Crippen LogP contribution in [0.2, 0.25) is 0 Å². The zero-order valence-corrected chi connectivity index (χ0v) is 14.5. The number of amides is 1. The molecule has 0 saturated heterocycles. The maximum Gasteiger partial charge on any atom is 0.325 e. The van der Waals surface area contributed by atoms with Crippen LogP contribution in [-0.2, 0) is 27.2 Å². The van der Waals surface area contributed by atoms with E-state index in [9.17, 15) is 14.4 Å². The van der Waals surface area contributed by atoms with E-state index < -0.39 is 5.97 Å². The first kappa shape index (κ1) is 17.0. The highest BCUT2D eigenvalue weighted by atomic mass is 32.2. The summed E-state index contributed by atoms with van der Waals surface area (Å²) in [5.74, 6) is -0.0658. The highest BCUT2D eigenvalue weighted by molar-refractivity contribution is 7.99. The van der Waals surface area contributed by atoms with Crippen LogP contribution in [0.1, 0.15) is 43.5 Å². The molecule has 0 radical (unpaired) electrons. The molecule has 130 valence electrons. The maximum absolute atomic E-state index is 12.8. The van der Waals surface area contributed by atoms with E-state index in [1.165, 1.54) is 11.8 Å². The number of esters is 1. The van der Waals surface area contributed by atoms with E-state index in [2.05, 4.69) is 10.3 Å². The smallest absolute Gasteiger partial charge is 0.325 e. The van der Waals surface area contributed by atoms with Gasteiger partial charge in [0.25, 0.3) is 5.56 Å². The van der Waals surface area contributed by atoms with E-state index in [0.717, 1.165) is 36.9 Å². The minimum atomic E-state index is -0.458. The molecule has 1 aliphatic heterocycles. The summed E-state index contributed by atoms with van der Waals surface area (Å²) in [7, 11) is 0. The van der Waals surface area contributed by atoms with Crippen molar-refractivity contribution >= 4 is 23.6 Å². The molecule has 0 bridgehead atoms. The van der Waals surface area contributed by atoms with Gasteiger partial charge in [0.2, 0.25) is 5.91 Å². The topological polar surface area (TPSA) is 90.3 Å². The Kier molecular flexibility index (Phi) is 5.23. The molecule has 0 aromatic carbocycles. The number of nitrogens with zero attached hydrogens (tertiary/aromatic N) is 2. The summed E-state index contributed by atoms with van der Waals surface area (Å²) in [5, 5.41) is 3.26. The lowest BCUT2D eigenvalue weighted by Crippen LogP contribution is -2.35. The van der Waals surface area contributed by atoms with E-state index in [4.69, 9.17) is 4.74 Å². The molecule has 1 aromatic rings. The highest BCUT2D eigenvalue weighted by Crippen LogP contribution is 2.33. The van der Waals surface area contributed by atoms with E-state index in [0.29, 0.717) is 10.9 Å². The fourth-order valence-corrected chi connectivity index (χ4v) is 4.29. The first-order valence-electron chi connectivity index (χ1n) is 8.29. The van der Waals surface area contributed by atoms with Gasteiger partial charge in [0.15, 0.2) is 5.16 Å². The van der Waals surface area contributed by atoms with E-state index >= 15 is 0 Å². The molecular formula is C16H21N3O4S. The Hall–Kier alpha value is -1.83. The van der Waals surface area contributed by atoms with Crippen LogP contribution in [0.15, 0.2) is 9.95 Å². The summed E-state index contributed by atoms with van der Waals surface area (Å²) in [6.45, 7) is 1.86. The third kappa shape index (κ3) is 3.48. The van der Waals surface area contributed by atoms with Gasteiger partial charge in [-0.15, -0.1) is 0 Å². The second-order valence-electron chi connectivity index (χ2n) is 5.95. The molecule has 8 heteroatoms. The lowest BCUT2D eigenvalue weighted by atomic mass is 9.97. The summed E-state index contributed by atoms with van der Waals surface area (Å²) in [6, 6.07) is -0.209. The summed E-state index contributed by atoms with van der Waals surface area (Å²) < 4.78 is 6.44. The number of aromatic nitrogens is 2. The van der Waals surface area contributed by atoms with Crippen molar-refractivity contribution in [3.8, 4) is 0 Å². The lowest BCUT2D eigenvalue weighted by Gasteiger charge is -2.18. The molecule has 0 saturated carbocycles. The van der Waals surface area contributed by atoms with Crippen LogP contribution >= 0.6 is 11.8 Å². The minimum absolute atomic E-state index is 0.00268. The van der Waals surface area contributed by atoms with Crippen molar-refractivity contribution in [2.24, 2.45) is 0 Å². The molecule has 1 atom stereocenters. The molecule has 2 heterocycles. The Morgan fingerprint density at radius 2 is 2.17 bits per heavy atom. The SMILES string of the molecule is CCOC(=O)CNC(=O)CC1CSc2nc3c(c(=O)n21)CCCC3. The molecule has 1 unspecified atom stereocenters. The molecule has 1 N–H and O–H groups in total. The van der Waals surface area contributed by atoms with Crippen LogP contribution in [0.5, 0.6) is 0 Å². The zero-order chi connectivity index (χ0) is 17.1. The fourth-order valence-electron chi connectivity index (χ4n) is 3.13. The molecule has 1 aromatic heterocycles. The average Bonchev–Trinajstić information content (AvgIpc) is 2.96. The largest absolute Gasteiger partial charge is 0.465 e. The maximum atomic E-state index is 12.8. The van der Waals surface area contributed by atoms with Crippen LogP contribution in [0.3, 0.4) is 0 Å². The van der Waals surface area contributed by atoms with Crippen LogP contribution in [0, 0.1) is 0 Å². The number of ether oxygens (including phenoxy) is 1. The van der Waals surface area contributed by atoms with E-state index in [-0.39, 0.29) is 37.1 Å². The van der Waals surface area contributed by atoms with Gasteiger partial charge in [-0.1, -0.05) is 11.8 Å². The fraction of sp³-hybridized carbons (Fsp3) is 0.625. The third-order valence-electron chi connectivity index (χ3n) is 4.28. The first-order chi connectivity index (χ1) is 11.6. The minimum Gasteiger partial charge on any atom is -0.465 e. The second-order valence-corrected chi connectivity index (χ2v) is 6.94. The predicted octanol–water partition coefficient (Wildman–Crippen LogP) is 0.838. The van der Waals surface area contributed by atoms with E-state index in [1.807, 2.05) is 0 Å². The lowest BCUT2D eigenvalue weighted by molar-refractivity contribution is -0.143. The average molecular weight is 351 g/mol. The number of fused-ring (bicyclic) bond motifs is 2. The highest BCUT2D eigenvalue weighted by Gasteiger charge is 2.30. The van der Waals surface area contributed by atoms with Gasteiger partial charge >= 0.3 is 5.97 Å². The predicted molar refractivity (Wildman–Crippen MR) is 89.2 cm³/mol. The van der Waals surface area contributed by atoms with Gasteiger partial charge in [-0.05, 0) is 32.6 Å². The Balaban J connectivity index is 1.69. The number of carbonyl (C=O) groups excluding carboxylic acids is 2. The standard InChI is InChI=1S/C16H21N3O4S/c1-2-23-14(21)8-17-13(20)7-10-9-24-16-18-12-6-4-3-5-11(12)15(22)19(10)16/h10H,2-9H2,1H3,(H,17,20). The van der Waals surface area contributed by atoms with Gasteiger partial charge < -0.3 is 10.1 Å². The number of nitrogens with one attached hydrogen (secondary N) is 1. The van der Waals surface area contributed by atoms with Crippen molar-refractivity contribution in [1.82, 2.24) is 14.9 Å². The Morgan fingerprint density at radius 3 is 2.96 bits per heavy atom. The summed E-state index contributed by atoms with van der Waals surface area (Å²) in [4.78, 5) is 40.7. The van der Waals surface area contributed by atoms with Gasteiger partial charge in [0.1, 0.15) is 6.54 Å². The number of aryl methyl sites for hydroxylation is 1. The Bertz CT molecular complexity index is 716. The summed E-state index contributed by atoms with van der Waals surface area (Å²) in [6.07, 6.45) is 3.89. The quantitative estimate of drug-likeness (QED) is 0.624. The molecule has 2 aliphatic rings. The van der Waals surface area contributed by atoms with Crippen molar-refractivity contribution in [2.75, 3.05) is 18.9 Å². The number of hydrogen-bond donors (Lipinski definition) is 1. The number of carbonyl (C=O) groups is 2. The Labute approximate surface area is 144 Å². The van der Waals surface area contributed by atoms with Gasteiger partial charge in [0, 0.05) is 17.7 Å². The van der Waals surface area contributed by atoms with Crippen molar-refractivity contribution in [3.05, 3.63) is 21.6 Å². The number of hydrogen-bond acceptors (Lipinski definition) is 6. The number of thioether (sulfide) groups is 1. The van der Waals surface area contributed by atoms with Gasteiger partial charge in [0.05, 0.1) is 18.3 Å². The summed E-state index contributed by atoms with van der Waals surface area (Å²) in [5.41, 5.74) is 1.74. The second kappa shape index (κ2) is 7.38. The molecule has 0 spiro atoms. The van der Waals surface area contributed by atoms with E-state index in [1.54, 1.807) is 11.5 Å². The molecule has 1 amide bonds. The molecule has 1 aliphatic carbocycles. The molecule has 7 nitrogen and oxygen atoms in total. The molecule has 0 fully saturated rings. The molecule has 3 rings (SSSR count). The van der Waals surface area contributed by atoms with Crippen molar-refractivity contribution in [3.63, 3.8) is 0 Å². The van der Waals surface area contributed by atoms with Crippen molar-refractivity contribution < 1.29 is 14.3 Å².